The molecule has 0 fully saturated rings. The Kier molecular flexibility index (Phi) is 4.65. The number of hydrogen-bond acceptors (Lipinski definition) is 4. The summed E-state index contributed by atoms with van der Waals surface area (Å²) < 4.78 is 17.2. The number of fused-ring (bicyclic) bond motifs is 1. The number of carboxylic acid groups (broad SMARTS) is 2. The average Bonchev–Trinajstić information content (AvgIpc) is 2.87. The van der Waals surface area contributed by atoms with Gasteiger partial charge in [-0.05, 0) is 12.5 Å². The zero-order valence-electron chi connectivity index (χ0n) is 11.3. The standard InChI is InChI=1S/C13H14NO7P/c15-12(16)6-5-10(13(17)18)21-22(19,20)11-7-14-9-4-2-1-3-8(9)11/h1-4,7,10,14H,5-6H2,(H,15,16)(H,17,18)(H,19,20). The molecule has 0 saturated carbocycles. The molecule has 0 radical (unpaired) electrons. The SMILES string of the molecule is O=C(O)CCC(OP(=O)(O)c1c[nH]c2ccccc12)C(=O)O. The van der Waals surface area contributed by atoms with Crippen LogP contribution >= 0.6 is 7.60 Å². The molecular weight excluding hydrogens is 313 g/mol. The van der Waals surface area contributed by atoms with E-state index in [-0.39, 0.29) is 5.30 Å². The largest absolute Gasteiger partial charge is 0.481 e. The smallest absolute Gasteiger partial charge is 0.361 e. The van der Waals surface area contributed by atoms with Crippen LogP contribution in [0.25, 0.3) is 10.9 Å². The summed E-state index contributed by atoms with van der Waals surface area (Å²) in [6.45, 7) is 0. The first-order valence-electron chi connectivity index (χ1n) is 6.34. The van der Waals surface area contributed by atoms with Crippen LogP contribution in [0.1, 0.15) is 12.8 Å². The van der Waals surface area contributed by atoms with Gasteiger partial charge in [-0.1, -0.05) is 18.2 Å². The molecule has 2 rings (SSSR count). The van der Waals surface area contributed by atoms with Gasteiger partial charge in [-0.3, -0.25) is 13.9 Å². The van der Waals surface area contributed by atoms with Crippen LogP contribution in [-0.2, 0) is 18.7 Å². The summed E-state index contributed by atoms with van der Waals surface area (Å²) in [6.07, 6.45) is -1.29. The highest BCUT2D eigenvalue weighted by Gasteiger charge is 2.33. The summed E-state index contributed by atoms with van der Waals surface area (Å²) in [6, 6.07) is 6.69. The maximum atomic E-state index is 12.4. The molecule has 1 aromatic heterocycles. The highest BCUT2D eigenvalue weighted by molar-refractivity contribution is 7.61. The van der Waals surface area contributed by atoms with Crippen molar-refractivity contribution < 1.29 is 33.8 Å². The van der Waals surface area contributed by atoms with Crippen molar-refractivity contribution in [3.8, 4) is 0 Å². The van der Waals surface area contributed by atoms with Crippen molar-refractivity contribution in [2.45, 2.75) is 18.9 Å². The first kappa shape index (κ1) is 16.2. The lowest BCUT2D eigenvalue weighted by Gasteiger charge is -2.17. The van der Waals surface area contributed by atoms with Gasteiger partial charge in [0, 0.05) is 23.5 Å². The second kappa shape index (κ2) is 6.31. The third-order valence-corrected chi connectivity index (χ3v) is 4.56. The second-order valence-electron chi connectivity index (χ2n) is 4.60. The number of para-hydroxylation sites is 1. The maximum Gasteiger partial charge on any atom is 0.361 e. The maximum absolute atomic E-state index is 12.4. The molecule has 22 heavy (non-hydrogen) atoms. The number of aliphatic carboxylic acids is 2. The van der Waals surface area contributed by atoms with E-state index < -0.39 is 38.5 Å². The van der Waals surface area contributed by atoms with E-state index in [4.69, 9.17) is 14.7 Å². The fourth-order valence-corrected chi connectivity index (χ4v) is 3.38. The molecule has 9 heteroatoms. The molecule has 2 atom stereocenters. The number of aromatic nitrogens is 1. The zero-order valence-corrected chi connectivity index (χ0v) is 12.2. The fourth-order valence-electron chi connectivity index (χ4n) is 2.00. The Balaban J connectivity index is 2.26. The molecule has 0 bridgehead atoms. The molecule has 4 N–H and O–H groups in total. The van der Waals surface area contributed by atoms with Crippen LogP contribution in [0.2, 0.25) is 0 Å². The summed E-state index contributed by atoms with van der Waals surface area (Å²) in [5, 5.41) is 18.0. The zero-order chi connectivity index (χ0) is 16.3. The molecule has 0 aliphatic rings. The lowest BCUT2D eigenvalue weighted by Crippen LogP contribution is -2.25. The molecule has 0 amide bonds. The molecule has 2 unspecified atom stereocenters. The Bertz CT molecular complexity index is 754. The van der Waals surface area contributed by atoms with Gasteiger partial charge in [0.25, 0.3) is 0 Å². The quantitative estimate of drug-likeness (QED) is 0.563. The van der Waals surface area contributed by atoms with E-state index in [0.29, 0.717) is 10.9 Å². The minimum atomic E-state index is -4.42. The van der Waals surface area contributed by atoms with Crippen molar-refractivity contribution in [2.24, 2.45) is 0 Å². The predicted octanol–water partition coefficient (Wildman–Crippen LogP) is 1.31. The highest BCUT2D eigenvalue weighted by Crippen LogP contribution is 2.44. The molecule has 0 spiro atoms. The summed E-state index contributed by atoms with van der Waals surface area (Å²) in [5.74, 6) is -2.70. The normalized spacial score (nSPS) is 15.3. The first-order valence-corrected chi connectivity index (χ1v) is 7.91. The number of carboxylic acids is 2. The number of rotatable bonds is 7. The van der Waals surface area contributed by atoms with E-state index in [9.17, 15) is 19.0 Å². The van der Waals surface area contributed by atoms with Crippen LogP contribution < -0.4 is 5.30 Å². The van der Waals surface area contributed by atoms with Crippen LogP contribution in [-0.4, -0.2) is 38.1 Å². The van der Waals surface area contributed by atoms with Gasteiger partial charge in [-0.2, -0.15) is 0 Å². The Morgan fingerprint density at radius 1 is 1.27 bits per heavy atom. The summed E-state index contributed by atoms with van der Waals surface area (Å²) in [7, 11) is -4.42. The highest BCUT2D eigenvalue weighted by atomic mass is 31.2. The first-order chi connectivity index (χ1) is 10.3. The van der Waals surface area contributed by atoms with Gasteiger partial charge >= 0.3 is 19.5 Å². The molecule has 1 aromatic carbocycles. The molecule has 0 aliphatic heterocycles. The lowest BCUT2D eigenvalue weighted by molar-refractivity contribution is -0.146. The molecule has 0 aliphatic carbocycles. The monoisotopic (exact) mass is 327 g/mol. The van der Waals surface area contributed by atoms with E-state index in [2.05, 4.69) is 4.98 Å². The van der Waals surface area contributed by atoms with Crippen molar-refractivity contribution in [2.75, 3.05) is 0 Å². The van der Waals surface area contributed by atoms with Crippen LogP contribution in [0.5, 0.6) is 0 Å². The van der Waals surface area contributed by atoms with Gasteiger partial charge in [-0.15, -0.1) is 0 Å². The van der Waals surface area contributed by atoms with E-state index in [1.54, 1.807) is 24.3 Å². The number of aromatic amines is 1. The molecule has 2 aromatic rings. The van der Waals surface area contributed by atoms with Crippen LogP contribution in [0.4, 0.5) is 0 Å². The number of hydrogen-bond donors (Lipinski definition) is 4. The Labute approximate surface area is 124 Å². The Hall–Kier alpha value is -2.15. The number of carbonyl (C=O) groups is 2. The third-order valence-electron chi connectivity index (χ3n) is 3.04. The van der Waals surface area contributed by atoms with Crippen molar-refractivity contribution in [3.05, 3.63) is 30.5 Å². The van der Waals surface area contributed by atoms with Crippen LogP contribution in [0.3, 0.4) is 0 Å². The van der Waals surface area contributed by atoms with Crippen molar-refractivity contribution in [3.63, 3.8) is 0 Å². The minimum absolute atomic E-state index is 0.0512. The molecular formula is C13H14NO7P. The minimum Gasteiger partial charge on any atom is -0.481 e. The molecule has 118 valence electrons. The molecule has 8 nitrogen and oxygen atoms in total. The average molecular weight is 327 g/mol. The van der Waals surface area contributed by atoms with Crippen molar-refractivity contribution >= 4 is 35.7 Å². The summed E-state index contributed by atoms with van der Waals surface area (Å²) in [4.78, 5) is 34.4. The van der Waals surface area contributed by atoms with Crippen LogP contribution in [0, 0.1) is 0 Å². The number of H-pyrrole nitrogens is 1. The van der Waals surface area contributed by atoms with Gasteiger partial charge in [0.1, 0.15) is 0 Å². The number of benzene rings is 1. The van der Waals surface area contributed by atoms with Gasteiger partial charge in [-0.25, -0.2) is 4.79 Å². The number of nitrogens with one attached hydrogen (secondary N) is 1. The molecule has 1 heterocycles. The summed E-state index contributed by atoms with van der Waals surface area (Å²) >= 11 is 0. The van der Waals surface area contributed by atoms with E-state index in [0.717, 1.165) is 0 Å². The van der Waals surface area contributed by atoms with Gasteiger partial charge < -0.3 is 20.1 Å². The van der Waals surface area contributed by atoms with Crippen molar-refractivity contribution in [1.29, 1.82) is 0 Å². The van der Waals surface area contributed by atoms with E-state index in [1.807, 2.05) is 0 Å². The van der Waals surface area contributed by atoms with E-state index >= 15 is 0 Å². The lowest BCUT2D eigenvalue weighted by atomic mass is 10.2. The third kappa shape index (κ3) is 3.54. The van der Waals surface area contributed by atoms with Gasteiger partial charge in [0.2, 0.25) is 0 Å². The fraction of sp³-hybridized carbons (Fsp3) is 0.231. The predicted molar refractivity (Wildman–Crippen MR) is 77.1 cm³/mol. The molecule has 0 saturated heterocycles. The Morgan fingerprint density at radius 2 is 1.95 bits per heavy atom. The van der Waals surface area contributed by atoms with Gasteiger partial charge in [0.05, 0.1) is 5.30 Å². The topological polar surface area (TPSA) is 137 Å². The van der Waals surface area contributed by atoms with Crippen LogP contribution in [0.15, 0.2) is 30.5 Å². The Morgan fingerprint density at radius 3 is 2.59 bits per heavy atom. The van der Waals surface area contributed by atoms with Crippen molar-refractivity contribution in [1.82, 2.24) is 4.98 Å². The second-order valence-corrected chi connectivity index (χ2v) is 6.34. The van der Waals surface area contributed by atoms with Gasteiger partial charge in [0.15, 0.2) is 6.10 Å². The van der Waals surface area contributed by atoms with E-state index in [1.165, 1.54) is 6.20 Å². The summed E-state index contributed by atoms with van der Waals surface area (Å²) in [5.41, 5.74) is 0.604.